The Morgan fingerprint density at radius 2 is 2.00 bits per heavy atom. The summed E-state index contributed by atoms with van der Waals surface area (Å²) in [5, 5.41) is 3.59. The summed E-state index contributed by atoms with van der Waals surface area (Å²) >= 11 is 0. The summed E-state index contributed by atoms with van der Waals surface area (Å²) in [6, 6.07) is 0.622. The maximum Gasteiger partial charge on any atom is 0.148 e. The lowest BCUT2D eigenvalue weighted by atomic mass is 10.0. The van der Waals surface area contributed by atoms with Crippen LogP contribution in [0.5, 0.6) is 0 Å². The molecule has 0 spiro atoms. The fourth-order valence-electron chi connectivity index (χ4n) is 2.90. The molecule has 1 N–H and O–H groups in total. The quantitative estimate of drug-likeness (QED) is 0.800. The molecule has 2 atom stereocenters. The molecule has 0 aliphatic heterocycles. The predicted octanol–water partition coefficient (Wildman–Crippen LogP) is 1.59. The Kier molecular flexibility index (Phi) is 3.32. The lowest BCUT2D eigenvalue weighted by molar-refractivity contribution is 0.383. The van der Waals surface area contributed by atoms with Crippen LogP contribution in [0.25, 0.3) is 0 Å². The molecule has 0 aromatic carbocycles. The van der Waals surface area contributed by atoms with E-state index in [-0.39, 0.29) is 5.41 Å². The van der Waals surface area contributed by atoms with Gasteiger partial charge in [-0.1, -0.05) is 13.3 Å². The van der Waals surface area contributed by atoms with Crippen molar-refractivity contribution in [1.29, 1.82) is 0 Å². The molecule has 0 radical (unpaired) electrons. The summed E-state index contributed by atoms with van der Waals surface area (Å²) in [6.07, 6.45) is 7.40. The van der Waals surface area contributed by atoms with Gasteiger partial charge in [-0.3, -0.25) is 0 Å². The van der Waals surface area contributed by atoms with Crippen LogP contribution in [0.1, 0.15) is 39.0 Å². The second kappa shape index (κ2) is 4.30. The molecule has 2 aliphatic rings. The Bertz CT molecular complexity index is 346. The summed E-state index contributed by atoms with van der Waals surface area (Å²) in [6.45, 7) is 3.19. The van der Waals surface area contributed by atoms with Crippen molar-refractivity contribution in [2.75, 3.05) is 18.6 Å². The van der Waals surface area contributed by atoms with Crippen LogP contribution in [0.4, 0.5) is 0 Å². The van der Waals surface area contributed by atoms with Crippen molar-refractivity contribution >= 4 is 9.84 Å². The molecule has 4 heteroatoms. The Morgan fingerprint density at radius 3 is 2.44 bits per heavy atom. The Labute approximate surface area is 98.9 Å². The van der Waals surface area contributed by atoms with Gasteiger partial charge in [0, 0.05) is 18.8 Å². The molecule has 3 nitrogen and oxygen atoms in total. The first-order valence-corrected chi connectivity index (χ1v) is 8.37. The SMILES string of the molecule is CC1CCCC1NCC1(CS(C)(=O)=O)CC1. The highest BCUT2D eigenvalue weighted by atomic mass is 32.2. The standard InChI is InChI=1S/C12H23NO2S/c1-10-4-3-5-11(10)13-8-12(6-7-12)9-16(2,14)15/h10-11,13H,3-9H2,1-2H3. The Morgan fingerprint density at radius 1 is 1.31 bits per heavy atom. The molecule has 0 amide bonds. The van der Waals surface area contributed by atoms with Crippen LogP contribution in [0.2, 0.25) is 0 Å². The van der Waals surface area contributed by atoms with Crippen LogP contribution in [0, 0.1) is 11.3 Å². The van der Waals surface area contributed by atoms with Crippen LogP contribution in [0.15, 0.2) is 0 Å². The van der Waals surface area contributed by atoms with E-state index in [1.165, 1.54) is 25.5 Å². The van der Waals surface area contributed by atoms with Crippen LogP contribution < -0.4 is 5.32 Å². The fraction of sp³-hybridized carbons (Fsp3) is 1.00. The van der Waals surface area contributed by atoms with Gasteiger partial charge in [-0.15, -0.1) is 0 Å². The van der Waals surface area contributed by atoms with Crippen molar-refractivity contribution in [3.8, 4) is 0 Å². The van der Waals surface area contributed by atoms with E-state index in [4.69, 9.17) is 0 Å². The average Bonchev–Trinajstić information content (AvgIpc) is 2.75. The molecule has 2 fully saturated rings. The van der Waals surface area contributed by atoms with Crippen LogP contribution in [-0.4, -0.2) is 33.0 Å². The molecule has 0 aromatic heterocycles. The third-order valence-corrected chi connectivity index (χ3v) is 5.26. The van der Waals surface area contributed by atoms with Gasteiger partial charge in [-0.2, -0.15) is 0 Å². The largest absolute Gasteiger partial charge is 0.313 e. The molecule has 0 heterocycles. The normalized spacial score (nSPS) is 32.9. The van der Waals surface area contributed by atoms with Crippen LogP contribution >= 0.6 is 0 Å². The molecule has 0 saturated heterocycles. The highest BCUT2D eigenvalue weighted by molar-refractivity contribution is 7.90. The van der Waals surface area contributed by atoms with E-state index in [2.05, 4.69) is 12.2 Å². The van der Waals surface area contributed by atoms with Crippen molar-refractivity contribution in [3.63, 3.8) is 0 Å². The van der Waals surface area contributed by atoms with E-state index in [9.17, 15) is 8.42 Å². The van der Waals surface area contributed by atoms with Gasteiger partial charge in [0.1, 0.15) is 9.84 Å². The highest BCUT2D eigenvalue weighted by Crippen LogP contribution is 2.46. The van der Waals surface area contributed by atoms with Gasteiger partial charge >= 0.3 is 0 Å². The average molecular weight is 245 g/mol. The lowest BCUT2D eigenvalue weighted by Crippen LogP contribution is -2.37. The molecule has 2 saturated carbocycles. The summed E-state index contributed by atoms with van der Waals surface area (Å²) in [4.78, 5) is 0. The van der Waals surface area contributed by atoms with E-state index in [1.807, 2.05) is 0 Å². The summed E-state index contributed by atoms with van der Waals surface area (Å²) in [5.41, 5.74) is 0.0793. The lowest BCUT2D eigenvalue weighted by Gasteiger charge is -2.21. The Hall–Kier alpha value is -0.0900. The second-order valence-electron chi connectivity index (χ2n) is 5.97. The number of rotatable bonds is 5. The zero-order valence-electron chi connectivity index (χ0n) is 10.3. The van der Waals surface area contributed by atoms with Gasteiger partial charge in [-0.05, 0) is 37.0 Å². The van der Waals surface area contributed by atoms with E-state index < -0.39 is 9.84 Å². The topological polar surface area (TPSA) is 46.2 Å². The predicted molar refractivity (Wildman–Crippen MR) is 66.2 cm³/mol. The molecule has 0 bridgehead atoms. The number of sulfone groups is 1. The van der Waals surface area contributed by atoms with E-state index in [0.717, 1.165) is 25.3 Å². The molecule has 2 rings (SSSR count). The summed E-state index contributed by atoms with van der Waals surface area (Å²) < 4.78 is 22.6. The van der Waals surface area contributed by atoms with Crippen molar-refractivity contribution in [2.24, 2.45) is 11.3 Å². The number of hydrogen-bond acceptors (Lipinski definition) is 3. The molecular formula is C12H23NO2S. The van der Waals surface area contributed by atoms with Gasteiger partial charge in [0.05, 0.1) is 5.75 Å². The maximum atomic E-state index is 11.3. The van der Waals surface area contributed by atoms with Gasteiger partial charge in [0.2, 0.25) is 0 Å². The first kappa shape index (κ1) is 12.4. The second-order valence-corrected chi connectivity index (χ2v) is 8.11. The minimum Gasteiger partial charge on any atom is -0.313 e. The minimum atomic E-state index is -2.82. The van der Waals surface area contributed by atoms with E-state index in [1.54, 1.807) is 0 Å². The Balaban J connectivity index is 1.81. The van der Waals surface area contributed by atoms with Crippen LogP contribution in [0.3, 0.4) is 0 Å². The van der Waals surface area contributed by atoms with E-state index in [0.29, 0.717) is 11.8 Å². The number of nitrogens with one attached hydrogen (secondary N) is 1. The van der Waals surface area contributed by atoms with Crippen LogP contribution in [-0.2, 0) is 9.84 Å². The molecular weight excluding hydrogens is 222 g/mol. The fourth-order valence-corrected chi connectivity index (χ4v) is 4.40. The zero-order valence-corrected chi connectivity index (χ0v) is 11.1. The van der Waals surface area contributed by atoms with Gasteiger partial charge < -0.3 is 5.32 Å². The van der Waals surface area contributed by atoms with Crippen molar-refractivity contribution in [3.05, 3.63) is 0 Å². The summed E-state index contributed by atoms with van der Waals surface area (Å²) in [7, 11) is -2.82. The monoisotopic (exact) mass is 245 g/mol. The van der Waals surface area contributed by atoms with Gasteiger partial charge in [0.25, 0.3) is 0 Å². The highest BCUT2D eigenvalue weighted by Gasteiger charge is 2.45. The van der Waals surface area contributed by atoms with Crippen molar-refractivity contribution in [2.45, 2.75) is 45.1 Å². The molecule has 0 aromatic rings. The van der Waals surface area contributed by atoms with Gasteiger partial charge in [-0.25, -0.2) is 8.42 Å². The zero-order chi connectivity index (χ0) is 11.8. The molecule has 94 valence electrons. The molecule has 2 unspecified atom stereocenters. The number of hydrogen-bond donors (Lipinski definition) is 1. The van der Waals surface area contributed by atoms with Crippen molar-refractivity contribution < 1.29 is 8.42 Å². The molecule has 2 aliphatic carbocycles. The smallest absolute Gasteiger partial charge is 0.148 e. The van der Waals surface area contributed by atoms with Gasteiger partial charge in [0.15, 0.2) is 0 Å². The van der Waals surface area contributed by atoms with Crippen molar-refractivity contribution in [1.82, 2.24) is 5.32 Å². The third-order valence-electron chi connectivity index (χ3n) is 4.13. The summed E-state index contributed by atoms with van der Waals surface area (Å²) in [5.74, 6) is 1.13. The van der Waals surface area contributed by atoms with E-state index >= 15 is 0 Å². The molecule has 16 heavy (non-hydrogen) atoms. The minimum absolute atomic E-state index is 0.0793. The maximum absolute atomic E-state index is 11.3. The third kappa shape index (κ3) is 3.20. The first-order chi connectivity index (χ1) is 7.40. The first-order valence-electron chi connectivity index (χ1n) is 6.31.